The van der Waals surface area contributed by atoms with Crippen LogP contribution in [0.4, 0.5) is 0 Å². The lowest BCUT2D eigenvalue weighted by atomic mass is 10.1. The number of rotatable bonds is 5. The van der Waals surface area contributed by atoms with Crippen molar-refractivity contribution in [2.45, 2.75) is 39.2 Å². The first-order valence-electron chi connectivity index (χ1n) is 5.91. The van der Waals surface area contributed by atoms with Crippen molar-refractivity contribution < 1.29 is 15.0 Å². The van der Waals surface area contributed by atoms with Gasteiger partial charge in [-0.15, -0.1) is 0 Å². The molecular weight excluding hydrogens is 218 g/mol. The molecule has 0 bridgehead atoms. The number of nitrogens with one attached hydrogen (secondary N) is 1. The maximum absolute atomic E-state index is 11.9. The molecule has 0 saturated heterocycles. The highest BCUT2D eigenvalue weighted by Gasteiger charge is 2.14. The quantitative estimate of drug-likeness (QED) is 0.736. The van der Waals surface area contributed by atoms with E-state index >= 15 is 0 Å². The summed E-state index contributed by atoms with van der Waals surface area (Å²) in [6.45, 7) is 4.07. The number of hydrogen-bond donors (Lipinski definition) is 3. The van der Waals surface area contributed by atoms with E-state index in [0.717, 1.165) is 25.3 Å². The van der Waals surface area contributed by atoms with Crippen LogP contribution in [-0.2, 0) is 0 Å². The molecule has 0 aliphatic rings. The molecule has 0 heterocycles. The third kappa shape index (κ3) is 3.66. The second kappa shape index (κ2) is 6.13. The number of benzene rings is 1. The van der Waals surface area contributed by atoms with Crippen LogP contribution in [0.25, 0.3) is 0 Å². The van der Waals surface area contributed by atoms with Crippen molar-refractivity contribution in [3.05, 3.63) is 23.8 Å². The Balaban J connectivity index is 2.75. The third-order valence-electron chi connectivity index (χ3n) is 2.69. The lowest BCUT2D eigenvalue weighted by Crippen LogP contribution is -2.34. The van der Waals surface area contributed by atoms with Crippen LogP contribution in [-0.4, -0.2) is 22.2 Å². The minimum Gasteiger partial charge on any atom is -0.508 e. The molecule has 0 aliphatic heterocycles. The van der Waals surface area contributed by atoms with Gasteiger partial charge in [-0.25, -0.2) is 0 Å². The average molecular weight is 237 g/mol. The molecule has 0 radical (unpaired) electrons. The van der Waals surface area contributed by atoms with Gasteiger partial charge in [0.25, 0.3) is 5.91 Å². The fourth-order valence-corrected chi connectivity index (χ4v) is 1.70. The molecule has 4 nitrogen and oxygen atoms in total. The minimum absolute atomic E-state index is 0.0559. The van der Waals surface area contributed by atoms with Crippen molar-refractivity contribution in [3.8, 4) is 11.5 Å². The smallest absolute Gasteiger partial charge is 0.255 e. The lowest BCUT2D eigenvalue weighted by Gasteiger charge is -2.16. The summed E-state index contributed by atoms with van der Waals surface area (Å²) in [5.74, 6) is -0.559. The Morgan fingerprint density at radius 3 is 2.59 bits per heavy atom. The topological polar surface area (TPSA) is 69.6 Å². The normalized spacial score (nSPS) is 12.1. The van der Waals surface area contributed by atoms with Gasteiger partial charge in [-0.2, -0.15) is 0 Å². The number of aromatic hydroxyl groups is 2. The van der Waals surface area contributed by atoms with Crippen LogP contribution in [0.15, 0.2) is 18.2 Å². The first kappa shape index (κ1) is 13.4. The Hall–Kier alpha value is -1.71. The predicted octanol–water partition coefficient (Wildman–Crippen LogP) is 2.41. The Labute approximate surface area is 101 Å². The van der Waals surface area contributed by atoms with Gasteiger partial charge in [0.15, 0.2) is 0 Å². The number of carbonyl (C=O) groups excluding carboxylic acids is 1. The Morgan fingerprint density at radius 2 is 2.06 bits per heavy atom. The molecule has 1 rings (SSSR count). The summed E-state index contributed by atoms with van der Waals surface area (Å²) in [5.41, 5.74) is 0.192. The lowest BCUT2D eigenvalue weighted by molar-refractivity contribution is 0.0931. The van der Waals surface area contributed by atoms with E-state index < -0.39 is 0 Å². The van der Waals surface area contributed by atoms with Crippen molar-refractivity contribution in [1.82, 2.24) is 5.32 Å². The first-order chi connectivity index (χ1) is 8.08. The first-order valence-corrected chi connectivity index (χ1v) is 5.91. The van der Waals surface area contributed by atoms with E-state index in [2.05, 4.69) is 12.2 Å². The van der Waals surface area contributed by atoms with Crippen LogP contribution in [0.2, 0.25) is 0 Å². The predicted molar refractivity (Wildman–Crippen MR) is 66.2 cm³/mol. The molecular formula is C13H19NO3. The molecule has 0 aromatic heterocycles. The fraction of sp³-hybridized carbons (Fsp3) is 0.462. The maximum Gasteiger partial charge on any atom is 0.255 e. The fourth-order valence-electron chi connectivity index (χ4n) is 1.70. The summed E-state index contributed by atoms with van der Waals surface area (Å²) >= 11 is 0. The van der Waals surface area contributed by atoms with Gasteiger partial charge in [-0.1, -0.05) is 20.3 Å². The van der Waals surface area contributed by atoms with Gasteiger partial charge >= 0.3 is 0 Å². The third-order valence-corrected chi connectivity index (χ3v) is 2.69. The van der Waals surface area contributed by atoms with Crippen molar-refractivity contribution in [2.75, 3.05) is 0 Å². The van der Waals surface area contributed by atoms with Crippen molar-refractivity contribution in [1.29, 1.82) is 0 Å². The highest BCUT2D eigenvalue weighted by atomic mass is 16.3. The average Bonchev–Trinajstić information content (AvgIpc) is 2.28. The summed E-state index contributed by atoms with van der Waals surface area (Å²) in [7, 11) is 0. The Kier molecular flexibility index (Phi) is 4.82. The van der Waals surface area contributed by atoms with Crippen molar-refractivity contribution in [2.24, 2.45) is 0 Å². The van der Waals surface area contributed by atoms with E-state index in [1.807, 2.05) is 6.92 Å². The second-order valence-electron chi connectivity index (χ2n) is 4.07. The number of hydrogen-bond acceptors (Lipinski definition) is 3. The van der Waals surface area contributed by atoms with Gasteiger partial charge < -0.3 is 15.5 Å². The number of carbonyl (C=O) groups is 1. The van der Waals surface area contributed by atoms with Crippen LogP contribution in [0.3, 0.4) is 0 Å². The van der Waals surface area contributed by atoms with Crippen molar-refractivity contribution >= 4 is 5.91 Å². The second-order valence-corrected chi connectivity index (χ2v) is 4.07. The maximum atomic E-state index is 11.9. The Bertz CT molecular complexity index is 390. The molecule has 1 aromatic carbocycles. The molecule has 0 spiro atoms. The van der Waals surface area contributed by atoms with Crippen LogP contribution >= 0.6 is 0 Å². The molecule has 1 amide bonds. The zero-order chi connectivity index (χ0) is 12.8. The highest BCUT2D eigenvalue weighted by molar-refractivity contribution is 5.97. The summed E-state index contributed by atoms with van der Waals surface area (Å²) in [6, 6.07) is 4.09. The van der Waals surface area contributed by atoms with Gasteiger partial charge in [-0.05, 0) is 25.0 Å². The summed E-state index contributed by atoms with van der Waals surface area (Å²) in [5, 5.41) is 21.6. The molecule has 3 N–H and O–H groups in total. The number of phenolic OH excluding ortho intramolecular Hbond substituents is 2. The molecule has 1 unspecified atom stereocenters. The van der Waals surface area contributed by atoms with E-state index in [1.165, 1.54) is 12.1 Å². The van der Waals surface area contributed by atoms with Gasteiger partial charge in [0.2, 0.25) is 0 Å². The van der Waals surface area contributed by atoms with Crippen LogP contribution in [0.5, 0.6) is 11.5 Å². The number of phenols is 2. The molecule has 17 heavy (non-hydrogen) atoms. The zero-order valence-electron chi connectivity index (χ0n) is 10.2. The van der Waals surface area contributed by atoms with E-state index in [9.17, 15) is 9.90 Å². The van der Waals surface area contributed by atoms with Crippen LogP contribution in [0, 0.1) is 0 Å². The number of amides is 1. The molecule has 0 aliphatic carbocycles. The van der Waals surface area contributed by atoms with Gasteiger partial charge in [0.05, 0.1) is 5.56 Å². The zero-order valence-corrected chi connectivity index (χ0v) is 10.2. The van der Waals surface area contributed by atoms with Gasteiger partial charge in [-0.3, -0.25) is 4.79 Å². The van der Waals surface area contributed by atoms with Gasteiger partial charge in [0, 0.05) is 12.1 Å². The summed E-state index contributed by atoms with van der Waals surface area (Å²) in [4.78, 5) is 11.9. The van der Waals surface area contributed by atoms with Crippen LogP contribution in [0.1, 0.15) is 43.5 Å². The highest BCUT2D eigenvalue weighted by Crippen LogP contribution is 2.22. The molecule has 4 heteroatoms. The monoisotopic (exact) mass is 237 g/mol. The molecule has 94 valence electrons. The van der Waals surface area contributed by atoms with Crippen LogP contribution < -0.4 is 5.32 Å². The van der Waals surface area contributed by atoms with E-state index in [1.54, 1.807) is 0 Å². The van der Waals surface area contributed by atoms with E-state index in [0.29, 0.717) is 0 Å². The molecule has 0 saturated carbocycles. The van der Waals surface area contributed by atoms with E-state index in [4.69, 9.17) is 5.11 Å². The SMILES string of the molecule is CCCC(CC)NC(=O)c1ccc(O)cc1O. The molecule has 1 atom stereocenters. The standard InChI is InChI=1S/C13H19NO3/c1-3-5-9(4-2)14-13(17)11-7-6-10(15)8-12(11)16/h6-9,15-16H,3-5H2,1-2H3,(H,14,17). The largest absolute Gasteiger partial charge is 0.508 e. The van der Waals surface area contributed by atoms with Crippen molar-refractivity contribution in [3.63, 3.8) is 0 Å². The molecule has 0 fully saturated rings. The summed E-state index contributed by atoms with van der Waals surface area (Å²) < 4.78 is 0. The van der Waals surface area contributed by atoms with E-state index in [-0.39, 0.29) is 29.0 Å². The Morgan fingerprint density at radius 1 is 1.35 bits per heavy atom. The summed E-state index contributed by atoms with van der Waals surface area (Å²) in [6.07, 6.45) is 2.78. The minimum atomic E-state index is -0.303. The van der Waals surface area contributed by atoms with Gasteiger partial charge in [0.1, 0.15) is 11.5 Å². The molecule has 1 aromatic rings.